The van der Waals surface area contributed by atoms with E-state index in [0.29, 0.717) is 24.6 Å². The Kier molecular flexibility index (Phi) is 4.30. The van der Waals surface area contributed by atoms with E-state index in [0.717, 1.165) is 30.1 Å². The van der Waals surface area contributed by atoms with Crippen molar-refractivity contribution in [3.8, 4) is 0 Å². The molecule has 0 spiro atoms. The van der Waals surface area contributed by atoms with Gasteiger partial charge in [-0.1, -0.05) is 12.1 Å². The number of carboxylic acid groups (broad SMARTS) is 1. The first-order chi connectivity index (χ1) is 11.6. The number of fused-ring (bicyclic) bond motifs is 4. The molecule has 0 amide bonds. The molecule has 130 valence electrons. The molecule has 4 aliphatic rings. The lowest BCUT2D eigenvalue weighted by atomic mass is 9.84. The van der Waals surface area contributed by atoms with Gasteiger partial charge in [-0.15, -0.1) is 0 Å². The fraction of sp³-hybridized carbons (Fsp3) is 0.611. The zero-order valence-electron chi connectivity index (χ0n) is 13.8. The van der Waals surface area contributed by atoms with Crippen LogP contribution in [-0.2, 0) is 6.54 Å². The van der Waals surface area contributed by atoms with E-state index in [2.05, 4.69) is 10.2 Å². The standard InChI is InChI=1S/C18H25N3O3/c22-18(23)14-3-1-2-13-10-21(24)16(17(13)14)4-7-19-15-11-20-8-5-12(15)6-9-20/h1-3,12,15-16,19,21H,4-11H2,(H,22,23). The van der Waals surface area contributed by atoms with Gasteiger partial charge in [-0.3, -0.25) is 0 Å². The predicted octanol–water partition coefficient (Wildman–Crippen LogP) is 0.396. The summed E-state index contributed by atoms with van der Waals surface area (Å²) in [6, 6.07) is 5.51. The van der Waals surface area contributed by atoms with Crippen molar-refractivity contribution in [2.75, 3.05) is 26.2 Å². The zero-order valence-corrected chi connectivity index (χ0v) is 13.8. The average Bonchev–Trinajstić information content (AvgIpc) is 2.91. The minimum Gasteiger partial charge on any atom is -0.634 e. The molecule has 24 heavy (non-hydrogen) atoms. The molecular formula is C18H25N3O3. The zero-order chi connectivity index (χ0) is 16.7. The molecule has 2 bridgehead atoms. The summed E-state index contributed by atoms with van der Waals surface area (Å²) in [5, 5.41) is 25.6. The minimum absolute atomic E-state index is 0.161. The van der Waals surface area contributed by atoms with Crippen LogP contribution >= 0.6 is 0 Å². The van der Waals surface area contributed by atoms with Crippen molar-refractivity contribution in [1.82, 2.24) is 10.2 Å². The molecule has 6 nitrogen and oxygen atoms in total. The van der Waals surface area contributed by atoms with Gasteiger partial charge < -0.3 is 25.6 Å². The van der Waals surface area contributed by atoms with Crippen molar-refractivity contribution < 1.29 is 15.0 Å². The third-order valence-electron chi connectivity index (χ3n) is 6.02. The van der Waals surface area contributed by atoms with Crippen LogP contribution in [0.5, 0.6) is 0 Å². The highest BCUT2D eigenvalue weighted by Gasteiger charge is 2.36. The molecule has 5 rings (SSSR count). The lowest BCUT2D eigenvalue weighted by molar-refractivity contribution is -0.888. The third kappa shape index (κ3) is 2.84. The first-order valence-electron chi connectivity index (χ1n) is 8.97. The van der Waals surface area contributed by atoms with Crippen LogP contribution in [0.1, 0.15) is 46.8 Å². The fourth-order valence-electron chi connectivity index (χ4n) is 4.75. The Hall–Kier alpha value is -1.47. The van der Waals surface area contributed by atoms with E-state index < -0.39 is 5.97 Å². The molecule has 3 unspecified atom stereocenters. The summed E-state index contributed by atoms with van der Waals surface area (Å²) >= 11 is 0. The van der Waals surface area contributed by atoms with Gasteiger partial charge in [0.1, 0.15) is 12.6 Å². The summed E-state index contributed by atoms with van der Waals surface area (Å²) in [4.78, 5) is 14.0. The molecule has 0 radical (unpaired) electrons. The third-order valence-corrected chi connectivity index (χ3v) is 6.02. The van der Waals surface area contributed by atoms with Gasteiger partial charge in [0.25, 0.3) is 0 Å². The topological polar surface area (TPSA) is 80.1 Å². The van der Waals surface area contributed by atoms with Crippen LogP contribution in [0.3, 0.4) is 0 Å². The Morgan fingerprint density at radius 3 is 2.83 bits per heavy atom. The number of benzene rings is 1. The van der Waals surface area contributed by atoms with Crippen LogP contribution in [0.4, 0.5) is 0 Å². The number of quaternary nitrogens is 1. The summed E-state index contributed by atoms with van der Waals surface area (Å²) < 4.78 is 0. The van der Waals surface area contributed by atoms with Crippen molar-refractivity contribution in [2.24, 2.45) is 5.92 Å². The van der Waals surface area contributed by atoms with Crippen molar-refractivity contribution in [3.05, 3.63) is 40.1 Å². The maximum absolute atomic E-state index is 12.4. The molecule has 3 saturated heterocycles. The largest absolute Gasteiger partial charge is 0.634 e. The number of nitrogens with one attached hydrogen (secondary N) is 2. The van der Waals surface area contributed by atoms with Crippen molar-refractivity contribution in [3.63, 3.8) is 0 Å². The first kappa shape index (κ1) is 16.0. The highest BCUT2D eigenvalue weighted by Crippen LogP contribution is 2.29. The van der Waals surface area contributed by atoms with Gasteiger partial charge in [0.05, 0.1) is 5.56 Å². The smallest absolute Gasteiger partial charge is 0.336 e. The van der Waals surface area contributed by atoms with Gasteiger partial charge in [0.2, 0.25) is 0 Å². The number of hydrogen-bond acceptors (Lipinski definition) is 4. The molecule has 0 aromatic heterocycles. The molecular weight excluding hydrogens is 306 g/mol. The molecule has 1 aromatic rings. The van der Waals surface area contributed by atoms with E-state index >= 15 is 0 Å². The number of carboxylic acids is 1. The number of hydrogen-bond donors (Lipinski definition) is 3. The van der Waals surface area contributed by atoms with E-state index in [1.54, 1.807) is 12.1 Å². The molecule has 6 heteroatoms. The normalized spacial score (nSPS) is 34.3. The molecule has 0 saturated carbocycles. The van der Waals surface area contributed by atoms with E-state index in [4.69, 9.17) is 0 Å². The van der Waals surface area contributed by atoms with Gasteiger partial charge >= 0.3 is 5.97 Å². The molecule has 1 aromatic carbocycles. The van der Waals surface area contributed by atoms with Crippen LogP contribution in [0, 0.1) is 11.1 Å². The Morgan fingerprint density at radius 2 is 2.17 bits per heavy atom. The molecule has 3 N–H and O–H groups in total. The van der Waals surface area contributed by atoms with E-state index in [1.807, 2.05) is 6.07 Å². The second-order valence-corrected chi connectivity index (χ2v) is 7.37. The van der Waals surface area contributed by atoms with Crippen LogP contribution < -0.4 is 10.4 Å². The van der Waals surface area contributed by atoms with Crippen molar-refractivity contribution in [1.29, 1.82) is 0 Å². The Bertz CT molecular complexity index is 628. The maximum Gasteiger partial charge on any atom is 0.336 e. The Labute approximate surface area is 142 Å². The van der Waals surface area contributed by atoms with Crippen LogP contribution in [-0.4, -0.2) is 48.2 Å². The van der Waals surface area contributed by atoms with Crippen molar-refractivity contribution >= 4 is 5.97 Å². The number of carbonyl (C=O) groups is 1. The van der Waals surface area contributed by atoms with Gasteiger partial charge in [-0.25, -0.2) is 4.79 Å². The van der Waals surface area contributed by atoms with Crippen molar-refractivity contribution in [2.45, 2.75) is 37.9 Å². The van der Waals surface area contributed by atoms with Crippen LogP contribution in [0.25, 0.3) is 0 Å². The molecule has 3 fully saturated rings. The number of nitrogens with zero attached hydrogens (tertiary/aromatic N) is 1. The first-order valence-corrected chi connectivity index (χ1v) is 8.97. The summed E-state index contributed by atoms with van der Waals surface area (Å²) in [7, 11) is 0. The van der Waals surface area contributed by atoms with Gasteiger partial charge in [-0.05, 0) is 37.9 Å². The number of hydroxylamine groups is 2. The summed E-state index contributed by atoms with van der Waals surface area (Å²) in [6.07, 6.45) is 3.23. The van der Waals surface area contributed by atoms with E-state index in [-0.39, 0.29) is 11.1 Å². The molecule has 3 atom stereocenters. The Morgan fingerprint density at radius 1 is 1.38 bits per heavy atom. The monoisotopic (exact) mass is 331 g/mol. The molecule has 4 aliphatic heterocycles. The second-order valence-electron chi connectivity index (χ2n) is 7.37. The number of aromatic carboxylic acids is 1. The quantitative estimate of drug-likeness (QED) is 0.681. The van der Waals surface area contributed by atoms with E-state index in [1.165, 1.54) is 25.9 Å². The van der Waals surface area contributed by atoms with Crippen LogP contribution in [0.2, 0.25) is 0 Å². The SMILES string of the molecule is O=C(O)c1cccc2c1C(CCNC1CN3CCC1CC3)[NH+]([O-])C2. The van der Waals surface area contributed by atoms with E-state index in [9.17, 15) is 15.1 Å². The number of piperidine rings is 3. The lowest BCUT2D eigenvalue weighted by Gasteiger charge is -2.45. The van der Waals surface area contributed by atoms with Gasteiger partial charge in [-0.2, -0.15) is 0 Å². The molecule has 4 heterocycles. The summed E-state index contributed by atoms with van der Waals surface area (Å²) in [5.41, 5.74) is 1.95. The molecule has 0 aliphatic carbocycles. The lowest BCUT2D eigenvalue weighted by Crippen LogP contribution is -3.04. The predicted molar refractivity (Wildman–Crippen MR) is 89.7 cm³/mol. The summed E-state index contributed by atoms with van der Waals surface area (Å²) in [5.74, 6) is -0.173. The highest BCUT2D eigenvalue weighted by molar-refractivity contribution is 5.90. The Balaban J connectivity index is 1.42. The van der Waals surface area contributed by atoms with Gasteiger partial charge in [0.15, 0.2) is 0 Å². The van der Waals surface area contributed by atoms with Crippen LogP contribution in [0.15, 0.2) is 18.2 Å². The number of rotatable bonds is 5. The summed E-state index contributed by atoms with van der Waals surface area (Å²) in [6.45, 7) is 4.71. The maximum atomic E-state index is 12.4. The fourth-order valence-corrected chi connectivity index (χ4v) is 4.75. The minimum atomic E-state index is -0.933. The second kappa shape index (κ2) is 6.44. The average molecular weight is 331 g/mol. The van der Waals surface area contributed by atoms with Gasteiger partial charge in [0, 0.05) is 36.7 Å². The highest BCUT2D eigenvalue weighted by atomic mass is 16.5.